The summed E-state index contributed by atoms with van der Waals surface area (Å²) in [6.07, 6.45) is 4.19. The number of benzene rings is 2. The second-order valence-electron chi connectivity index (χ2n) is 9.98. The number of carbonyl (C=O) groups excluding carboxylic acids is 2. The molecule has 1 saturated carbocycles. The zero-order chi connectivity index (χ0) is 24.6. The maximum Gasteiger partial charge on any atom is 0.294 e. The molecule has 0 unspecified atom stereocenters. The maximum absolute atomic E-state index is 13.9. The van der Waals surface area contributed by atoms with Gasteiger partial charge in [-0.15, -0.1) is 0 Å². The standard InChI is InChI=1S/C28H32N2O5/c1-18(2)34-21-14-12-19(13-15-21)16-30-26(31)25-24(22-10-6-7-11-23(22)35-25)33-17-28(30,3)27(32)29-20-8-4-5-9-20/h6-7,10-15,18,20H,4-5,8-9,16-17H2,1-3H3,(H,29,32)/t28-/m0/s1. The number of ether oxygens (including phenoxy) is 2. The number of carbonyl (C=O) groups is 2. The van der Waals surface area contributed by atoms with Crippen molar-refractivity contribution >= 4 is 22.8 Å². The molecular formula is C28H32N2O5. The highest BCUT2D eigenvalue weighted by atomic mass is 16.5. The van der Waals surface area contributed by atoms with E-state index in [1.54, 1.807) is 11.8 Å². The van der Waals surface area contributed by atoms with E-state index in [1.807, 2.05) is 62.4 Å². The summed E-state index contributed by atoms with van der Waals surface area (Å²) < 4.78 is 17.9. The van der Waals surface area contributed by atoms with E-state index < -0.39 is 5.54 Å². The Kier molecular flexibility index (Phi) is 6.17. The average Bonchev–Trinajstić information content (AvgIpc) is 3.47. The Morgan fingerprint density at radius 2 is 1.86 bits per heavy atom. The van der Waals surface area contributed by atoms with Gasteiger partial charge >= 0.3 is 0 Å². The minimum atomic E-state index is -1.21. The van der Waals surface area contributed by atoms with Crippen LogP contribution in [-0.4, -0.2) is 41.0 Å². The van der Waals surface area contributed by atoms with Crippen molar-refractivity contribution in [2.24, 2.45) is 0 Å². The smallest absolute Gasteiger partial charge is 0.294 e. The Labute approximate surface area is 205 Å². The van der Waals surface area contributed by atoms with Gasteiger partial charge in [-0.1, -0.05) is 37.1 Å². The molecule has 5 rings (SSSR count). The molecule has 0 bridgehead atoms. The second kappa shape index (κ2) is 9.29. The van der Waals surface area contributed by atoms with E-state index in [4.69, 9.17) is 13.9 Å². The zero-order valence-electron chi connectivity index (χ0n) is 20.5. The van der Waals surface area contributed by atoms with Crippen LogP contribution in [0.5, 0.6) is 11.5 Å². The summed E-state index contributed by atoms with van der Waals surface area (Å²) in [6.45, 7) is 5.99. The molecule has 1 fully saturated rings. The van der Waals surface area contributed by atoms with Crippen LogP contribution in [0.4, 0.5) is 0 Å². The Balaban J connectivity index is 1.50. The minimum Gasteiger partial charge on any atom is -0.491 e. The van der Waals surface area contributed by atoms with Crippen molar-refractivity contribution in [1.29, 1.82) is 0 Å². The van der Waals surface area contributed by atoms with Crippen molar-refractivity contribution in [2.75, 3.05) is 6.61 Å². The lowest BCUT2D eigenvalue weighted by Crippen LogP contribution is -2.62. The van der Waals surface area contributed by atoms with Crippen LogP contribution in [0, 0.1) is 0 Å². The number of hydrogen-bond acceptors (Lipinski definition) is 5. The highest BCUT2D eigenvalue weighted by Crippen LogP contribution is 2.39. The van der Waals surface area contributed by atoms with Crippen molar-refractivity contribution in [1.82, 2.24) is 10.2 Å². The molecule has 1 aromatic heterocycles. The largest absolute Gasteiger partial charge is 0.491 e. The number of fused-ring (bicyclic) bond motifs is 3. The van der Waals surface area contributed by atoms with Gasteiger partial charge in [-0.05, 0) is 63.4 Å². The summed E-state index contributed by atoms with van der Waals surface area (Å²) in [6, 6.07) is 15.1. The van der Waals surface area contributed by atoms with Crippen LogP contribution in [0.3, 0.4) is 0 Å². The second-order valence-corrected chi connectivity index (χ2v) is 9.98. The molecule has 2 heterocycles. The van der Waals surface area contributed by atoms with E-state index in [1.165, 1.54) is 0 Å². The van der Waals surface area contributed by atoms with Crippen LogP contribution < -0.4 is 14.8 Å². The first-order valence-corrected chi connectivity index (χ1v) is 12.4. The van der Waals surface area contributed by atoms with Gasteiger partial charge in [0.05, 0.1) is 11.5 Å². The van der Waals surface area contributed by atoms with E-state index in [0.29, 0.717) is 11.3 Å². The number of rotatable bonds is 6. The maximum atomic E-state index is 13.9. The summed E-state index contributed by atoms with van der Waals surface area (Å²) in [4.78, 5) is 29.2. The van der Waals surface area contributed by atoms with E-state index >= 15 is 0 Å². The van der Waals surface area contributed by atoms with Gasteiger partial charge in [-0.3, -0.25) is 9.59 Å². The fourth-order valence-corrected chi connectivity index (χ4v) is 4.92. The summed E-state index contributed by atoms with van der Waals surface area (Å²) in [5.74, 6) is 0.722. The van der Waals surface area contributed by atoms with Crippen molar-refractivity contribution in [2.45, 2.75) is 70.7 Å². The molecule has 1 N–H and O–H groups in total. The molecule has 7 heteroatoms. The Hall–Kier alpha value is -3.48. The Morgan fingerprint density at radius 3 is 2.57 bits per heavy atom. The molecule has 7 nitrogen and oxygen atoms in total. The first-order valence-electron chi connectivity index (χ1n) is 12.4. The van der Waals surface area contributed by atoms with Gasteiger partial charge in [0.15, 0.2) is 11.3 Å². The minimum absolute atomic E-state index is 0.0301. The van der Waals surface area contributed by atoms with Gasteiger partial charge in [0.25, 0.3) is 5.91 Å². The van der Waals surface area contributed by atoms with Crippen LogP contribution in [0.25, 0.3) is 11.0 Å². The first-order chi connectivity index (χ1) is 16.8. The van der Waals surface area contributed by atoms with Crippen LogP contribution in [0.1, 0.15) is 62.6 Å². The molecule has 2 amide bonds. The molecule has 0 spiro atoms. The molecule has 2 aromatic carbocycles. The third-order valence-electron chi connectivity index (χ3n) is 6.90. The van der Waals surface area contributed by atoms with E-state index in [9.17, 15) is 9.59 Å². The summed E-state index contributed by atoms with van der Waals surface area (Å²) in [5.41, 5.74) is 0.254. The van der Waals surface area contributed by atoms with E-state index in [0.717, 1.165) is 42.4 Å². The third kappa shape index (κ3) is 4.47. The van der Waals surface area contributed by atoms with Crippen LogP contribution in [0.15, 0.2) is 52.9 Å². The van der Waals surface area contributed by atoms with Crippen molar-refractivity contribution in [3.8, 4) is 11.5 Å². The molecule has 1 aliphatic carbocycles. The lowest BCUT2D eigenvalue weighted by Gasteiger charge is -2.38. The van der Waals surface area contributed by atoms with Crippen molar-refractivity contribution in [3.63, 3.8) is 0 Å². The molecule has 1 atom stereocenters. The molecule has 184 valence electrons. The van der Waals surface area contributed by atoms with Gasteiger partial charge in [-0.25, -0.2) is 0 Å². The van der Waals surface area contributed by atoms with Gasteiger partial charge in [0.2, 0.25) is 11.7 Å². The summed E-state index contributed by atoms with van der Waals surface area (Å²) >= 11 is 0. The fourth-order valence-electron chi connectivity index (χ4n) is 4.92. The first kappa shape index (κ1) is 23.3. The van der Waals surface area contributed by atoms with Crippen molar-refractivity contribution < 1.29 is 23.5 Å². The summed E-state index contributed by atoms with van der Waals surface area (Å²) in [5, 5.41) is 3.90. The van der Waals surface area contributed by atoms with Gasteiger partial charge in [-0.2, -0.15) is 0 Å². The molecule has 0 radical (unpaired) electrons. The fraction of sp³-hybridized carbons (Fsp3) is 0.429. The van der Waals surface area contributed by atoms with Crippen molar-refractivity contribution in [3.05, 3.63) is 59.9 Å². The predicted octanol–water partition coefficient (Wildman–Crippen LogP) is 5.07. The number of para-hydroxylation sites is 1. The number of nitrogens with one attached hydrogen (secondary N) is 1. The quantitative estimate of drug-likeness (QED) is 0.537. The van der Waals surface area contributed by atoms with E-state index in [-0.39, 0.29) is 42.9 Å². The lowest BCUT2D eigenvalue weighted by molar-refractivity contribution is -0.133. The average molecular weight is 477 g/mol. The van der Waals surface area contributed by atoms with Gasteiger partial charge in [0.1, 0.15) is 17.9 Å². The molecule has 3 aromatic rings. The van der Waals surface area contributed by atoms with Gasteiger partial charge in [0, 0.05) is 12.6 Å². The number of nitrogens with zero attached hydrogens (tertiary/aromatic N) is 1. The zero-order valence-corrected chi connectivity index (χ0v) is 20.5. The van der Waals surface area contributed by atoms with E-state index in [2.05, 4.69) is 5.32 Å². The number of amides is 2. The molecular weight excluding hydrogens is 444 g/mol. The van der Waals surface area contributed by atoms with Crippen LogP contribution in [-0.2, 0) is 11.3 Å². The van der Waals surface area contributed by atoms with Crippen LogP contribution in [0.2, 0.25) is 0 Å². The highest BCUT2D eigenvalue weighted by Gasteiger charge is 2.48. The number of furan rings is 1. The van der Waals surface area contributed by atoms with Crippen LogP contribution >= 0.6 is 0 Å². The normalized spacial score (nSPS) is 20.6. The topological polar surface area (TPSA) is 81.0 Å². The Morgan fingerprint density at radius 1 is 1.14 bits per heavy atom. The summed E-state index contributed by atoms with van der Waals surface area (Å²) in [7, 11) is 0. The SMILES string of the molecule is CC(C)Oc1ccc(CN2C(=O)c3oc4ccccc4c3OC[C@@]2(C)C(=O)NC2CCCC2)cc1. The molecule has 35 heavy (non-hydrogen) atoms. The monoisotopic (exact) mass is 476 g/mol. The number of hydrogen-bond donors (Lipinski definition) is 1. The Bertz CT molecular complexity index is 1230. The van der Waals surface area contributed by atoms with Gasteiger partial charge < -0.3 is 24.1 Å². The molecule has 1 aliphatic heterocycles. The highest BCUT2D eigenvalue weighted by molar-refractivity contribution is 6.04. The third-order valence-corrected chi connectivity index (χ3v) is 6.90. The lowest BCUT2D eigenvalue weighted by atomic mass is 9.97. The molecule has 0 saturated heterocycles. The predicted molar refractivity (Wildman–Crippen MR) is 133 cm³/mol. The molecule has 2 aliphatic rings.